The average Bonchev–Trinajstić information content (AvgIpc) is 3.02. The second-order valence-corrected chi connectivity index (χ2v) is 4.69. The van der Waals surface area contributed by atoms with E-state index < -0.39 is 0 Å². The van der Waals surface area contributed by atoms with Crippen LogP contribution in [0.1, 0.15) is 6.42 Å². The zero-order valence-electron chi connectivity index (χ0n) is 10.3. The fourth-order valence-electron chi connectivity index (χ4n) is 2.28. The Morgan fingerprint density at radius 1 is 1.28 bits per heavy atom. The third-order valence-electron chi connectivity index (χ3n) is 3.24. The largest absolute Gasteiger partial charge is 0.381 e. The molecule has 2 aromatic rings. The van der Waals surface area contributed by atoms with Crippen molar-refractivity contribution < 1.29 is 0 Å². The summed E-state index contributed by atoms with van der Waals surface area (Å²) < 4.78 is 1.65. The maximum Gasteiger partial charge on any atom is 0.143 e. The highest BCUT2D eigenvalue weighted by Crippen LogP contribution is 2.16. The topological polar surface area (TPSA) is 58.9 Å². The van der Waals surface area contributed by atoms with Gasteiger partial charge in [0.1, 0.15) is 6.33 Å². The van der Waals surface area contributed by atoms with E-state index >= 15 is 0 Å². The molecule has 6 nitrogen and oxygen atoms in total. The minimum atomic E-state index is 0.550. The number of hydrogen-bond acceptors (Lipinski definition) is 5. The molecular weight excluding hydrogens is 228 g/mol. The van der Waals surface area contributed by atoms with E-state index in [-0.39, 0.29) is 0 Å². The van der Waals surface area contributed by atoms with E-state index in [1.165, 1.54) is 13.0 Å². The van der Waals surface area contributed by atoms with Crippen molar-refractivity contribution in [1.29, 1.82) is 0 Å². The maximum atomic E-state index is 3.86. The van der Waals surface area contributed by atoms with E-state index in [0.717, 1.165) is 17.9 Å². The summed E-state index contributed by atoms with van der Waals surface area (Å²) in [6, 6.07) is 8.70. The fraction of sp³-hybridized carbons (Fsp3) is 0.417. The predicted octanol–water partition coefficient (Wildman–Crippen LogP) is 0.778. The average molecular weight is 244 g/mol. The maximum absolute atomic E-state index is 3.86. The van der Waals surface area contributed by atoms with Gasteiger partial charge in [0.25, 0.3) is 0 Å². The summed E-state index contributed by atoms with van der Waals surface area (Å²) in [6.45, 7) is 2.27. The van der Waals surface area contributed by atoms with E-state index in [2.05, 4.69) is 44.9 Å². The number of likely N-dealkylation sites (tertiary alicyclic amines) is 1. The van der Waals surface area contributed by atoms with Crippen molar-refractivity contribution in [3.8, 4) is 5.69 Å². The Morgan fingerprint density at radius 2 is 2.11 bits per heavy atom. The summed E-state index contributed by atoms with van der Waals surface area (Å²) in [5.74, 6) is 0. The summed E-state index contributed by atoms with van der Waals surface area (Å²) >= 11 is 0. The lowest BCUT2D eigenvalue weighted by atomic mass is 10.2. The van der Waals surface area contributed by atoms with E-state index in [1.54, 1.807) is 11.0 Å². The van der Waals surface area contributed by atoms with Crippen molar-refractivity contribution in [1.82, 2.24) is 25.1 Å². The molecule has 1 aromatic carbocycles. The van der Waals surface area contributed by atoms with Gasteiger partial charge in [0.15, 0.2) is 0 Å². The van der Waals surface area contributed by atoms with Crippen molar-refractivity contribution in [2.45, 2.75) is 12.5 Å². The second-order valence-electron chi connectivity index (χ2n) is 4.69. The molecular formula is C12H16N6. The van der Waals surface area contributed by atoms with Gasteiger partial charge in [-0.3, -0.25) is 0 Å². The molecule has 1 unspecified atom stereocenters. The first-order chi connectivity index (χ1) is 8.81. The molecule has 1 fully saturated rings. The molecule has 6 heteroatoms. The van der Waals surface area contributed by atoms with Gasteiger partial charge in [0.2, 0.25) is 0 Å². The molecule has 0 bridgehead atoms. The molecule has 18 heavy (non-hydrogen) atoms. The fourth-order valence-corrected chi connectivity index (χ4v) is 2.28. The molecule has 2 heterocycles. The number of benzene rings is 1. The number of aromatic nitrogens is 4. The van der Waals surface area contributed by atoms with Crippen LogP contribution in [-0.2, 0) is 0 Å². The zero-order chi connectivity index (χ0) is 12.4. The third-order valence-corrected chi connectivity index (χ3v) is 3.24. The van der Waals surface area contributed by atoms with E-state index in [9.17, 15) is 0 Å². The molecule has 1 saturated heterocycles. The van der Waals surface area contributed by atoms with Gasteiger partial charge in [-0.25, -0.2) is 4.68 Å². The Balaban J connectivity index is 1.68. The minimum Gasteiger partial charge on any atom is -0.381 e. The smallest absolute Gasteiger partial charge is 0.143 e. The molecule has 0 aliphatic carbocycles. The van der Waals surface area contributed by atoms with Crippen LogP contribution in [0, 0.1) is 0 Å². The normalized spacial score (nSPS) is 20.2. The van der Waals surface area contributed by atoms with Crippen LogP contribution in [-0.4, -0.2) is 51.3 Å². The molecule has 3 rings (SSSR count). The Morgan fingerprint density at radius 3 is 2.72 bits per heavy atom. The van der Waals surface area contributed by atoms with Gasteiger partial charge in [-0.1, -0.05) is 0 Å². The van der Waals surface area contributed by atoms with E-state index in [0.29, 0.717) is 6.04 Å². The van der Waals surface area contributed by atoms with Crippen LogP contribution in [0.2, 0.25) is 0 Å². The van der Waals surface area contributed by atoms with Crippen molar-refractivity contribution in [2.75, 3.05) is 25.5 Å². The molecule has 0 radical (unpaired) electrons. The molecule has 1 atom stereocenters. The monoisotopic (exact) mass is 244 g/mol. The molecule has 0 spiro atoms. The molecule has 1 aromatic heterocycles. The number of tetrazole rings is 1. The number of likely N-dealkylation sites (N-methyl/N-ethyl adjacent to an activating group) is 1. The van der Waals surface area contributed by atoms with Gasteiger partial charge < -0.3 is 10.2 Å². The summed E-state index contributed by atoms with van der Waals surface area (Å²) in [5, 5.41) is 14.6. The summed E-state index contributed by atoms with van der Waals surface area (Å²) in [4.78, 5) is 2.34. The highest BCUT2D eigenvalue weighted by Gasteiger charge is 2.18. The SMILES string of the molecule is CN1CCC(Nc2ccc(-n3cnnn3)cc2)C1. The van der Waals surface area contributed by atoms with Crippen LogP contribution in [0.15, 0.2) is 30.6 Å². The minimum absolute atomic E-state index is 0.550. The molecule has 94 valence electrons. The van der Waals surface area contributed by atoms with Gasteiger partial charge in [0, 0.05) is 18.3 Å². The Labute approximate surface area is 106 Å². The number of nitrogens with zero attached hydrogens (tertiary/aromatic N) is 5. The highest BCUT2D eigenvalue weighted by molar-refractivity contribution is 5.49. The van der Waals surface area contributed by atoms with E-state index in [4.69, 9.17) is 0 Å². The van der Waals surface area contributed by atoms with Gasteiger partial charge >= 0.3 is 0 Å². The van der Waals surface area contributed by atoms with Crippen LogP contribution in [0.4, 0.5) is 5.69 Å². The molecule has 0 saturated carbocycles. The second kappa shape index (κ2) is 4.73. The highest BCUT2D eigenvalue weighted by atomic mass is 15.5. The van der Waals surface area contributed by atoms with Crippen LogP contribution < -0.4 is 5.32 Å². The first-order valence-electron chi connectivity index (χ1n) is 6.10. The van der Waals surface area contributed by atoms with Gasteiger partial charge in [-0.15, -0.1) is 5.10 Å². The van der Waals surface area contributed by atoms with Crippen LogP contribution in [0.5, 0.6) is 0 Å². The first-order valence-corrected chi connectivity index (χ1v) is 6.10. The number of nitrogens with one attached hydrogen (secondary N) is 1. The van der Waals surface area contributed by atoms with Crippen LogP contribution in [0.25, 0.3) is 5.69 Å². The lowest BCUT2D eigenvalue weighted by Gasteiger charge is -2.14. The Kier molecular flexibility index (Phi) is 2.93. The van der Waals surface area contributed by atoms with E-state index in [1.807, 2.05) is 12.1 Å². The van der Waals surface area contributed by atoms with Gasteiger partial charge in [0.05, 0.1) is 5.69 Å². The van der Waals surface area contributed by atoms with Crippen molar-refractivity contribution in [3.63, 3.8) is 0 Å². The molecule has 1 N–H and O–H groups in total. The summed E-state index contributed by atoms with van der Waals surface area (Å²) in [7, 11) is 2.16. The van der Waals surface area contributed by atoms with Crippen LogP contribution in [0.3, 0.4) is 0 Å². The zero-order valence-corrected chi connectivity index (χ0v) is 10.3. The lowest BCUT2D eigenvalue weighted by Crippen LogP contribution is -2.23. The van der Waals surface area contributed by atoms with Gasteiger partial charge in [-0.2, -0.15) is 0 Å². The van der Waals surface area contributed by atoms with Crippen LogP contribution >= 0.6 is 0 Å². The number of anilines is 1. The molecule has 1 aliphatic heterocycles. The quantitative estimate of drug-likeness (QED) is 0.864. The van der Waals surface area contributed by atoms with Crippen molar-refractivity contribution in [3.05, 3.63) is 30.6 Å². The molecule has 0 amide bonds. The lowest BCUT2D eigenvalue weighted by molar-refractivity contribution is 0.414. The first kappa shape index (κ1) is 11.2. The summed E-state index contributed by atoms with van der Waals surface area (Å²) in [5.41, 5.74) is 2.11. The Hall–Kier alpha value is -1.95. The van der Waals surface area contributed by atoms with Gasteiger partial charge in [-0.05, 0) is 54.7 Å². The number of rotatable bonds is 3. The Bertz CT molecular complexity index is 492. The number of hydrogen-bond donors (Lipinski definition) is 1. The molecule has 1 aliphatic rings. The standard InChI is InChI=1S/C12H16N6/c1-17-7-6-11(8-17)14-10-2-4-12(5-3-10)18-9-13-15-16-18/h2-5,9,11,14H,6-8H2,1H3. The van der Waals surface area contributed by atoms with Crippen molar-refractivity contribution >= 4 is 5.69 Å². The summed E-state index contributed by atoms with van der Waals surface area (Å²) in [6.07, 6.45) is 2.79. The predicted molar refractivity (Wildman–Crippen MR) is 68.7 cm³/mol. The third kappa shape index (κ3) is 2.33. The van der Waals surface area contributed by atoms with Crippen molar-refractivity contribution in [2.24, 2.45) is 0 Å².